The van der Waals surface area contributed by atoms with Crippen molar-refractivity contribution in [3.8, 4) is 0 Å². The highest BCUT2D eigenvalue weighted by atomic mass is 32.1. The maximum Gasteiger partial charge on any atom is 0.226 e. The van der Waals surface area contributed by atoms with Gasteiger partial charge in [0.05, 0.1) is 17.1 Å². The van der Waals surface area contributed by atoms with Gasteiger partial charge in [-0.1, -0.05) is 13.8 Å². The van der Waals surface area contributed by atoms with Gasteiger partial charge in [-0.2, -0.15) is 5.10 Å². The molecule has 0 aliphatic carbocycles. The van der Waals surface area contributed by atoms with Gasteiger partial charge in [0.15, 0.2) is 0 Å². The van der Waals surface area contributed by atoms with Gasteiger partial charge in [-0.05, 0) is 12.5 Å². The lowest BCUT2D eigenvalue weighted by atomic mass is 10.2. The summed E-state index contributed by atoms with van der Waals surface area (Å²) in [5, 5.41) is 10.1. The monoisotopic (exact) mass is 292 g/mol. The van der Waals surface area contributed by atoms with Crippen LogP contribution in [0.3, 0.4) is 0 Å². The van der Waals surface area contributed by atoms with Crippen LogP contribution in [0.1, 0.15) is 36.9 Å². The molecule has 6 heteroatoms. The number of aryl methyl sites for hydroxylation is 1. The molecule has 0 aliphatic rings. The van der Waals surface area contributed by atoms with Gasteiger partial charge in [0.2, 0.25) is 5.91 Å². The van der Waals surface area contributed by atoms with Crippen molar-refractivity contribution in [2.75, 3.05) is 6.54 Å². The zero-order valence-electron chi connectivity index (χ0n) is 11.9. The first-order valence-electron chi connectivity index (χ1n) is 6.83. The van der Waals surface area contributed by atoms with Crippen molar-refractivity contribution in [1.82, 2.24) is 20.1 Å². The Balaban J connectivity index is 1.67. The number of aromatic nitrogens is 3. The summed E-state index contributed by atoms with van der Waals surface area (Å²) in [5.74, 6) is 0.456. The molecule has 5 nitrogen and oxygen atoms in total. The second-order valence-electron chi connectivity index (χ2n) is 4.98. The van der Waals surface area contributed by atoms with Crippen LogP contribution in [0.15, 0.2) is 23.8 Å². The van der Waals surface area contributed by atoms with E-state index in [4.69, 9.17) is 0 Å². The van der Waals surface area contributed by atoms with Crippen LogP contribution < -0.4 is 5.32 Å². The number of nitrogens with zero attached hydrogens (tertiary/aromatic N) is 3. The summed E-state index contributed by atoms with van der Waals surface area (Å²) >= 11 is 1.62. The van der Waals surface area contributed by atoms with E-state index in [1.54, 1.807) is 17.5 Å². The molecule has 0 aromatic carbocycles. The molecule has 0 spiro atoms. The third-order valence-electron chi connectivity index (χ3n) is 2.85. The predicted octanol–water partition coefficient (Wildman–Crippen LogP) is 2.21. The first-order valence-corrected chi connectivity index (χ1v) is 7.71. The van der Waals surface area contributed by atoms with Gasteiger partial charge in [0, 0.05) is 36.8 Å². The van der Waals surface area contributed by atoms with Gasteiger partial charge < -0.3 is 5.32 Å². The lowest BCUT2D eigenvalue weighted by Crippen LogP contribution is -2.27. The minimum atomic E-state index is 0.0334. The zero-order valence-corrected chi connectivity index (χ0v) is 12.7. The summed E-state index contributed by atoms with van der Waals surface area (Å²) in [6, 6.07) is 1.90. The van der Waals surface area contributed by atoms with E-state index in [0.29, 0.717) is 18.9 Å². The first kappa shape index (κ1) is 14.7. The molecule has 0 atom stereocenters. The van der Waals surface area contributed by atoms with Gasteiger partial charge in [-0.3, -0.25) is 9.48 Å². The van der Waals surface area contributed by atoms with Crippen LogP contribution in [-0.4, -0.2) is 27.2 Å². The van der Waals surface area contributed by atoms with Crippen molar-refractivity contribution in [3.05, 3.63) is 34.5 Å². The number of thiazole rings is 1. The van der Waals surface area contributed by atoms with E-state index in [2.05, 4.69) is 29.2 Å². The topological polar surface area (TPSA) is 59.8 Å². The number of carbonyl (C=O) groups is 1. The van der Waals surface area contributed by atoms with Gasteiger partial charge >= 0.3 is 0 Å². The summed E-state index contributed by atoms with van der Waals surface area (Å²) < 4.78 is 1.86. The van der Waals surface area contributed by atoms with Crippen molar-refractivity contribution in [3.63, 3.8) is 0 Å². The number of hydrogen-bond acceptors (Lipinski definition) is 4. The largest absolute Gasteiger partial charge is 0.356 e. The van der Waals surface area contributed by atoms with E-state index >= 15 is 0 Å². The Morgan fingerprint density at radius 1 is 1.50 bits per heavy atom. The second-order valence-corrected chi connectivity index (χ2v) is 5.87. The maximum absolute atomic E-state index is 11.8. The minimum Gasteiger partial charge on any atom is -0.356 e. The molecule has 2 rings (SSSR count). The molecule has 2 aromatic heterocycles. The Hall–Kier alpha value is -1.69. The van der Waals surface area contributed by atoms with Crippen molar-refractivity contribution in [1.29, 1.82) is 0 Å². The molecule has 1 amide bonds. The molecular formula is C14H20N4OS. The molecule has 0 unspecified atom stereocenters. The number of nitrogens with one attached hydrogen (secondary N) is 1. The molecule has 20 heavy (non-hydrogen) atoms. The van der Waals surface area contributed by atoms with Crippen molar-refractivity contribution in [2.24, 2.45) is 0 Å². The lowest BCUT2D eigenvalue weighted by Gasteiger charge is -2.04. The van der Waals surface area contributed by atoms with Crippen LogP contribution in [0.4, 0.5) is 0 Å². The fraction of sp³-hybridized carbons (Fsp3) is 0.500. The summed E-state index contributed by atoms with van der Waals surface area (Å²) in [6.45, 7) is 5.71. The normalized spacial score (nSPS) is 10.9. The number of amides is 1. The molecule has 2 aromatic rings. The highest BCUT2D eigenvalue weighted by Crippen LogP contribution is 2.19. The van der Waals surface area contributed by atoms with Crippen molar-refractivity contribution >= 4 is 17.2 Å². The van der Waals surface area contributed by atoms with E-state index in [9.17, 15) is 4.79 Å². The van der Waals surface area contributed by atoms with Crippen LogP contribution in [0.5, 0.6) is 0 Å². The van der Waals surface area contributed by atoms with Gasteiger partial charge in [-0.25, -0.2) is 4.98 Å². The fourth-order valence-corrected chi connectivity index (χ4v) is 2.63. The highest BCUT2D eigenvalue weighted by molar-refractivity contribution is 7.09. The highest BCUT2D eigenvalue weighted by Gasteiger charge is 2.09. The molecule has 0 bridgehead atoms. The molecule has 0 fully saturated rings. The molecular weight excluding hydrogens is 272 g/mol. The molecule has 0 saturated heterocycles. The summed E-state index contributed by atoms with van der Waals surface area (Å²) in [6.07, 6.45) is 4.92. The first-order chi connectivity index (χ1) is 9.65. The van der Waals surface area contributed by atoms with Crippen LogP contribution in [0.25, 0.3) is 0 Å². The van der Waals surface area contributed by atoms with Crippen LogP contribution in [0, 0.1) is 0 Å². The molecule has 2 heterocycles. The smallest absolute Gasteiger partial charge is 0.226 e. The number of carbonyl (C=O) groups excluding carboxylic acids is 1. The van der Waals surface area contributed by atoms with Crippen molar-refractivity contribution in [2.45, 2.75) is 39.2 Å². The average molecular weight is 292 g/mol. The molecule has 0 saturated carbocycles. The summed E-state index contributed by atoms with van der Waals surface area (Å²) in [4.78, 5) is 16.2. The summed E-state index contributed by atoms with van der Waals surface area (Å²) in [5.41, 5.74) is 0.864. The fourth-order valence-electron chi connectivity index (χ4n) is 1.80. The van der Waals surface area contributed by atoms with E-state index in [-0.39, 0.29) is 5.91 Å². The van der Waals surface area contributed by atoms with Crippen LogP contribution in [-0.2, 0) is 17.8 Å². The Morgan fingerprint density at radius 2 is 2.35 bits per heavy atom. The number of hydrogen-bond donors (Lipinski definition) is 1. The quantitative estimate of drug-likeness (QED) is 0.796. The van der Waals surface area contributed by atoms with Crippen molar-refractivity contribution < 1.29 is 4.79 Å². The van der Waals surface area contributed by atoms with E-state index < -0.39 is 0 Å². The van der Waals surface area contributed by atoms with Gasteiger partial charge in [-0.15, -0.1) is 11.3 Å². The Morgan fingerprint density at radius 3 is 3.00 bits per heavy atom. The van der Waals surface area contributed by atoms with Gasteiger partial charge in [0.1, 0.15) is 0 Å². The Labute approximate surface area is 123 Å². The minimum absolute atomic E-state index is 0.0334. The van der Waals surface area contributed by atoms with Gasteiger partial charge in [0.25, 0.3) is 0 Å². The molecule has 0 radical (unpaired) electrons. The third-order valence-corrected chi connectivity index (χ3v) is 4.04. The second kappa shape index (κ2) is 7.19. The van der Waals surface area contributed by atoms with E-state index in [1.807, 2.05) is 22.3 Å². The third kappa shape index (κ3) is 4.45. The lowest BCUT2D eigenvalue weighted by molar-refractivity contribution is -0.120. The van der Waals surface area contributed by atoms with E-state index in [1.165, 1.54) is 0 Å². The Bertz CT molecular complexity index is 533. The summed E-state index contributed by atoms with van der Waals surface area (Å²) in [7, 11) is 0. The Kier molecular flexibility index (Phi) is 5.29. The van der Waals surface area contributed by atoms with Crippen LogP contribution >= 0.6 is 11.3 Å². The SMILES string of the molecule is CC(C)c1nc(CC(=O)NCCCn2cccn2)cs1. The molecule has 1 N–H and O–H groups in total. The average Bonchev–Trinajstić information content (AvgIpc) is 3.05. The van der Waals surface area contributed by atoms with Crippen LogP contribution in [0.2, 0.25) is 0 Å². The molecule has 108 valence electrons. The zero-order chi connectivity index (χ0) is 14.4. The molecule has 0 aliphatic heterocycles. The van der Waals surface area contributed by atoms with E-state index in [0.717, 1.165) is 23.7 Å². The predicted molar refractivity (Wildman–Crippen MR) is 79.8 cm³/mol. The standard InChI is InChI=1S/C14H20N4OS/c1-11(2)14-17-12(10-20-14)9-13(19)15-5-3-7-18-8-4-6-16-18/h4,6,8,10-11H,3,5,7,9H2,1-2H3,(H,15,19). The number of rotatable bonds is 7. The maximum atomic E-state index is 11.8.